The predicted octanol–water partition coefficient (Wildman–Crippen LogP) is 34.1. The molecule has 0 spiro atoms. The van der Waals surface area contributed by atoms with Crippen LogP contribution in [0.25, 0.3) is 113 Å². The van der Waals surface area contributed by atoms with Crippen LogP contribution in [0.5, 0.6) is 0 Å². The van der Waals surface area contributed by atoms with Gasteiger partial charge in [-0.15, -0.1) is 45.3 Å². The minimum atomic E-state index is 1.08. The summed E-state index contributed by atoms with van der Waals surface area (Å²) in [6.07, 6.45) is 0. The second-order valence-electron chi connectivity index (χ2n) is 29.9. The number of benzene rings is 19. The van der Waals surface area contributed by atoms with Gasteiger partial charge in [0.2, 0.25) is 0 Å². The Morgan fingerprint density at radius 2 is 0.425 bits per heavy atom. The first-order chi connectivity index (χ1) is 59.4. The molecule has 4 heterocycles. The Morgan fingerprint density at radius 1 is 0.142 bits per heavy atom. The molecular weight excluding hydrogens is 1530 g/mol. The molecule has 10 heteroatoms. The van der Waals surface area contributed by atoms with Crippen molar-refractivity contribution in [2.45, 2.75) is 0 Å². The first kappa shape index (κ1) is 73.0. The van der Waals surface area contributed by atoms with E-state index in [0.29, 0.717) is 0 Å². The number of thiophene rings is 4. The van der Waals surface area contributed by atoms with E-state index in [1.807, 2.05) is 51.4 Å². The zero-order valence-electron chi connectivity index (χ0n) is 65.1. The Bertz CT molecular complexity index is 7620. The quantitative estimate of drug-likeness (QED) is 0.0896. The number of hydrogen-bond donors (Lipinski definition) is 3. The lowest BCUT2D eigenvalue weighted by Crippen LogP contribution is -2.09. The van der Waals surface area contributed by atoms with Crippen LogP contribution in [0.1, 0.15) is 0 Å². The third-order valence-corrected chi connectivity index (χ3v) is 26.7. The van der Waals surface area contributed by atoms with E-state index in [2.05, 4.69) is 467 Å². The lowest BCUT2D eigenvalue weighted by atomic mass is 10.1. The standard InChI is InChI=1S/C38H26N2S.C36H24N2S2.C36H26N2S/c1-2-12-32(13-3-1)40(33-18-15-27-9-5-7-11-29(27)23-33)34-19-21-37-36(25-34)35-20-17-31(24-38(35)41-37)39-30-16-14-26-8-4-6-10-28(26)22-30;1-3-9-24(10-4-1)37-25-15-18-30-32-23-28(17-20-35(32)40-36(30)21-25)38(26-11-5-2-6-12-26)27-16-19-34-31(22-27)29-13-7-8-14-33(29)39-34;1-4-11-26(12-5-1)27-13-10-14-28(23-27)37-29-19-21-33-34-25-32(20-22-35(34)39-36(33)24-29)38(30-15-6-2-7-16-30)31-17-8-3-9-18-31/h1-25,39H;1-23,37H;1-25,37H. The topological polar surface area (TPSA) is 45.8 Å². The number of fused-ring (bicyclic) bond motifs is 14. The summed E-state index contributed by atoms with van der Waals surface area (Å²) in [5.74, 6) is 0. The third-order valence-electron chi connectivity index (χ3n) is 22.2. The van der Waals surface area contributed by atoms with Crippen molar-refractivity contribution in [3.8, 4) is 11.1 Å². The molecular formula is C110H76N6S4. The second-order valence-corrected chi connectivity index (χ2v) is 34.2. The normalized spacial score (nSPS) is 11.3. The van der Waals surface area contributed by atoms with Gasteiger partial charge in [0.25, 0.3) is 0 Å². The molecule has 0 fully saturated rings. The maximum absolute atomic E-state index is 3.62. The molecule has 0 aliphatic carbocycles. The summed E-state index contributed by atoms with van der Waals surface area (Å²) in [4.78, 5) is 7.05. The third kappa shape index (κ3) is 14.9. The van der Waals surface area contributed by atoms with Gasteiger partial charge < -0.3 is 30.7 Å². The monoisotopic (exact) mass is 1610 g/mol. The molecule has 6 nitrogen and oxygen atoms in total. The summed E-state index contributed by atoms with van der Waals surface area (Å²) < 4.78 is 10.4. The number of hydrogen-bond acceptors (Lipinski definition) is 10. The number of nitrogens with zero attached hydrogens (tertiary/aromatic N) is 3. The molecule has 0 bridgehead atoms. The van der Waals surface area contributed by atoms with Gasteiger partial charge in [0, 0.05) is 166 Å². The van der Waals surface area contributed by atoms with Crippen LogP contribution in [0, 0.1) is 0 Å². The zero-order valence-corrected chi connectivity index (χ0v) is 68.4. The molecule has 0 unspecified atom stereocenters. The molecule has 3 N–H and O–H groups in total. The van der Waals surface area contributed by atoms with E-state index in [1.54, 1.807) is 0 Å². The summed E-state index contributed by atoms with van der Waals surface area (Å²) in [6, 6.07) is 158. The molecule has 23 rings (SSSR count). The van der Waals surface area contributed by atoms with Crippen molar-refractivity contribution in [2.24, 2.45) is 0 Å². The molecule has 120 heavy (non-hydrogen) atoms. The molecule has 0 aliphatic rings. The Morgan fingerprint density at radius 3 is 0.875 bits per heavy atom. The fourth-order valence-corrected chi connectivity index (χ4v) is 20.9. The molecule has 0 radical (unpaired) electrons. The number of rotatable bonds is 16. The Kier molecular flexibility index (Phi) is 19.8. The van der Waals surface area contributed by atoms with Gasteiger partial charge in [-0.3, -0.25) is 0 Å². The van der Waals surface area contributed by atoms with Crippen molar-refractivity contribution in [3.05, 3.63) is 443 Å². The highest BCUT2D eigenvalue weighted by Crippen LogP contribution is 2.48. The average Bonchev–Trinajstić information content (AvgIpc) is 1.58. The first-order valence-corrected chi connectivity index (χ1v) is 43.6. The van der Waals surface area contributed by atoms with Crippen molar-refractivity contribution >= 4 is 233 Å². The smallest absolute Gasteiger partial charge is 0.0468 e. The van der Waals surface area contributed by atoms with Gasteiger partial charge in [-0.2, -0.15) is 0 Å². The lowest BCUT2D eigenvalue weighted by molar-refractivity contribution is 1.29. The van der Waals surface area contributed by atoms with E-state index in [0.717, 1.165) is 85.3 Å². The van der Waals surface area contributed by atoms with E-state index < -0.39 is 0 Å². The van der Waals surface area contributed by atoms with Gasteiger partial charge in [-0.05, 0) is 245 Å². The fourth-order valence-electron chi connectivity index (χ4n) is 16.5. The molecule has 19 aromatic carbocycles. The highest BCUT2D eigenvalue weighted by Gasteiger charge is 2.21. The van der Waals surface area contributed by atoms with Crippen LogP contribution in [0.15, 0.2) is 443 Å². The van der Waals surface area contributed by atoms with Gasteiger partial charge in [-0.1, -0.05) is 231 Å². The summed E-state index contributed by atoms with van der Waals surface area (Å²) >= 11 is 7.39. The van der Waals surface area contributed by atoms with E-state index >= 15 is 0 Å². The van der Waals surface area contributed by atoms with Gasteiger partial charge in [0.1, 0.15) is 0 Å². The van der Waals surface area contributed by atoms with Crippen molar-refractivity contribution in [2.75, 3.05) is 30.7 Å². The summed E-state index contributed by atoms with van der Waals surface area (Å²) in [6.45, 7) is 0. The highest BCUT2D eigenvalue weighted by atomic mass is 32.1. The Balaban J connectivity index is 0.000000111. The van der Waals surface area contributed by atoms with Crippen LogP contribution >= 0.6 is 45.3 Å². The average molecular weight is 1610 g/mol. The van der Waals surface area contributed by atoms with Crippen LogP contribution in [0.2, 0.25) is 0 Å². The molecule has 0 saturated heterocycles. The SMILES string of the molecule is c1ccc(-c2cccc(Nc3ccc4c(c3)sc3ccc(N(c5ccccc5)c5ccccc5)cc34)c2)cc1.c1ccc(N(c2ccc3ccccc3c2)c2ccc3sc4cc(Nc5ccc6ccccc6c5)ccc4c3c2)cc1.c1ccc(Nc2ccc3c(c2)sc2ccc(N(c4ccccc4)c4ccc5sc6ccccc6c5c4)cc23)cc1. The maximum Gasteiger partial charge on any atom is 0.0468 e. The number of nitrogens with one attached hydrogen (secondary N) is 3. The predicted molar refractivity (Wildman–Crippen MR) is 525 cm³/mol. The number of anilines is 15. The van der Waals surface area contributed by atoms with Crippen molar-refractivity contribution < 1.29 is 0 Å². The highest BCUT2D eigenvalue weighted by molar-refractivity contribution is 7.27. The van der Waals surface area contributed by atoms with Gasteiger partial charge in [0.15, 0.2) is 0 Å². The first-order valence-electron chi connectivity index (χ1n) is 40.3. The van der Waals surface area contributed by atoms with Crippen molar-refractivity contribution in [1.82, 2.24) is 0 Å². The minimum Gasteiger partial charge on any atom is -0.355 e. The largest absolute Gasteiger partial charge is 0.355 e. The molecule has 0 amide bonds. The van der Waals surface area contributed by atoms with Crippen LogP contribution < -0.4 is 30.7 Å². The summed E-state index contributed by atoms with van der Waals surface area (Å²) in [7, 11) is 0. The summed E-state index contributed by atoms with van der Waals surface area (Å²) in [5.41, 5.74) is 19.3. The van der Waals surface area contributed by atoms with Crippen LogP contribution in [0.4, 0.5) is 85.3 Å². The fraction of sp³-hybridized carbons (Fsp3) is 0. The van der Waals surface area contributed by atoms with E-state index in [-0.39, 0.29) is 0 Å². The summed E-state index contributed by atoms with van der Waals surface area (Å²) in [5, 5.41) is 26.1. The van der Waals surface area contributed by atoms with E-state index in [4.69, 9.17) is 0 Å². The van der Waals surface area contributed by atoms with E-state index in [9.17, 15) is 0 Å². The minimum absolute atomic E-state index is 1.08. The van der Waals surface area contributed by atoms with Crippen LogP contribution in [0.3, 0.4) is 0 Å². The van der Waals surface area contributed by atoms with Gasteiger partial charge in [0.05, 0.1) is 0 Å². The van der Waals surface area contributed by atoms with Crippen LogP contribution in [-0.4, -0.2) is 0 Å². The van der Waals surface area contributed by atoms with Crippen molar-refractivity contribution in [3.63, 3.8) is 0 Å². The van der Waals surface area contributed by atoms with Crippen LogP contribution in [-0.2, 0) is 0 Å². The molecule has 0 saturated carbocycles. The van der Waals surface area contributed by atoms with Crippen molar-refractivity contribution in [1.29, 1.82) is 0 Å². The number of para-hydroxylation sites is 5. The van der Waals surface area contributed by atoms with Gasteiger partial charge >= 0.3 is 0 Å². The Hall–Kier alpha value is -14.6. The van der Waals surface area contributed by atoms with E-state index in [1.165, 1.54) is 113 Å². The molecule has 23 aromatic rings. The molecule has 0 atom stereocenters. The molecule has 4 aromatic heterocycles. The zero-order chi connectivity index (χ0) is 79.7. The molecule has 0 aliphatic heterocycles. The molecule has 570 valence electrons. The maximum atomic E-state index is 3.62. The second kappa shape index (κ2) is 32.5. The van der Waals surface area contributed by atoms with Gasteiger partial charge in [-0.25, -0.2) is 0 Å². The Labute approximate surface area is 711 Å². The lowest BCUT2D eigenvalue weighted by Gasteiger charge is -2.26.